The van der Waals surface area contributed by atoms with Crippen LogP contribution in [0.4, 0.5) is 0 Å². The summed E-state index contributed by atoms with van der Waals surface area (Å²) in [5.41, 5.74) is 0. The number of nitrogens with zero attached hydrogens (tertiary/aromatic N) is 1. The first kappa shape index (κ1) is 16.7. The molecule has 0 unspecified atom stereocenters. The van der Waals surface area contributed by atoms with Crippen molar-refractivity contribution in [2.24, 2.45) is 0 Å². The summed E-state index contributed by atoms with van der Waals surface area (Å²) < 4.78 is 35.2. The van der Waals surface area contributed by atoms with Crippen LogP contribution in [0.1, 0.15) is 29.9 Å². The van der Waals surface area contributed by atoms with Crippen LogP contribution in [0.25, 0.3) is 0 Å². The topological polar surface area (TPSA) is 66.5 Å². The highest BCUT2D eigenvalue weighted by atomic mass is 32.2. The number of sulfonamides is 1. The van der Waals surface area contributed by atoms with Crippen LogP contribution in [0.2, 0.25) is 0 Å². The Morgan fingerprint density at radius 3 is 1.88 bits per heavy atom. The Kier molecular flexibility index (Phi) is 13.6. The lowest BCUT2D eigenvalue weighted by Crippen LogP contribution is -2.35. The molecule has 0 aromatic heterocycles. The van der Waals surface area contributed by atoms with Crippen molar-refractivity contribution in [3.05, 3.63) is 0 Å². The van der Waals surface area contributed by atoms with Gasteiger partial charge in [0.15, 0.2) is 0 Å². The third-order valence-corrected chi connectivity index (χ3v) is 2.49. The maximum atomic E-state index is 10.8. The Morgan fingerprint density at radius 2 is 1.82 bits per heavy atom. The summed E-state index contributed by atoms with van der Waals surface area (Å²) in [6.45, 7) is 4.73. The molecule has 0 bridgehead atoms. The highest BCUT2D eigenvalue weighted by Gasteiger charge is 2.17. The van der Waals surface area contributed by atoms with E-state index in [0.29, 0.717) is 5.75 Å². The minimum absolute atomic E-state index is 0.136. The van der Waals surface area contributed by atoms with E-state index in [2.05, 4.69) is 31.8 Å². The molecule has 0 aliphatic heterocycles. The average Bonchev–Trinajstić information content (AvgIpc) is 2.25. The zero-order valence-electron chi connectivity index (χ0n) is 13.2. The van der Waals surface area contributed by atoms with Gasteiger partial charge in [0.1, 0.15) is 0 Å². The van der Waals surface area contributed by atoms with E-state index in [9.17, 15) is 13.2 Å². The van der Waals surface area contributed by atoms with E-state index in [0.717, 1.165) is 10.6 Å². The lowest BCUT2D eigenvalue weighted by molar-refractivity contribution is -0.124. The molecular formula is C10H26N2O3S2. The maximum Gasteiger partial charge on any atom is 0.234 e. The van der Waals surface area contributed by atoms with Gasteiger partial charge in [-0.05, 0) is 14.0 Å². The number of nitrogens with one attached hydrogen (secondary N) is 1. The van der Waals surface area contributed by atoms with Crippen molar-refractivity contribution in [1.29, 1.82) is 0 Å². The average molecular weight is 290 g/mol. The standard InChI is InChI=1S/C5H11NO3S2.C3H8.C2H7N/c1-5(7)6(3-4-10)11(2,8)9;2*1-3-2/h10H,3-4H2,1-2H3;3H2,1-2H3;3H,1-2H3/i;;1T2. The fraction of sp³-hybridized carbons (Fsp3) is 0.900. The highest BCUT2D eigenvalue weighted by Crippen LogP contribution is 1.98. The summed E-state index contributed by atoms with van der Waals surface area (Å²) in [7, 11) is -1.82. The number of hydrogen-bond acceptors (Lipinski definition) is 5. The maximum absolute atomic E-state index is 10.8. The largest absolute Gasteiger partial charge is 0.323 e. The van der Waals surface area contributed by atoms with Crippen LogP contribution in [0.5, 0.6) is 0 Å². The summed E-state index contributed by atoms with van der Waals surface area (Å²) >= 11 is 3.83. The van der Waals surface area contributed by atoms with Gasteiger partial charge in [0.2, 0.25) is 15.9 Å². The van der Waals surface area contributed by atoms with Gasteiger partial charge in [-0.25, -0.2) is 12.7 Å². The van der Waals surface area contributed by atoms with Gasteiger partial charge in [-0.1, -0.05) is 20.3 Å². The molecule has 0 spiro atoms. The van der Waals surface area contributed by atoms with E-state index in [4.69, 9.17) is 2.74 Å². The van der Waals surface area contributed by atoms with E-state index in [1.165, 1.54) is 13.3 Å². The van der Waals surface area contributed by atoms with Crippen LogP contribution in [-0.4, -0.2) is 51.2 Å². The van der Waals surface area contributed by atoms with Gasteiger partial charge in [-0.3, -0.25) is 4.79 Å². The van der Waals surface area contributed by atoms with Crippen LogP contribution in [0.3, 0.4) is 0 Å². The van der Waals surface area contributed by atoms with Crippen LogP contribution in [-0.2, 0) is 14.8 Å². The van der Waals surface area contributed by atoms with Crippen molar-refractivity contribution in [3.8, 4) is 0 Å². The smallest absolute Gasteiger partial charge is 0.234 e. The zero-order valence-corrected chi connectivity index (χ0v) is 12.9. The predicted molar refractivity (Wildman–Crippen MR) is 77.0 cm³/mol. The number of rotatable bonds is 3. The zero-order chi connectivity index (χ0) is 16.1. The molecule has 0 atom stereocenters. The fourth-order valence-corrected chi connectivity index (χ4v) is 1.87. The Bertz CT molecular complexity index is 312. The van der Waals surface area contributed by atoms with Crippen LogP contribution in [0.15, 0.2) is 0 Å². The quantitative estimate of drug-likeness (QED) is 0.760. The Hall–Kier alpha value is -0.270. The molecule has 106 valence electrons. The van der Waals surface area contributed by atoms with Crippen molar-refractivity contribution in [2.45, 2.75) is 27.2 Å². The molecule has 17 heavy (non-hydrogen) atoms. The molecule has 0 aromatic carbocycles. The molecule has 1 N–H and O–H groups in total. The number of amides is 1. The molecular weight excluding hydrogens is 260 g/mol. The van der Waals surface area contributed by atoms with E-state index < -0.39 is 22.9 Å². The van der Waals surface area contributed by atoms with Gasteiger partial charge in [-0.2, -0.15) is 12.6 Å². The molecule has 0 saturated carbocycles. The second-order valence-electron chi connectivity index (χ2n) is 3.07. The number of hydrogen-bond donors (Lipinski definition) is 2. The lowest BCUT2D eigenvalue weighted by Gasteiger charge is -2.16. The molecule has 0 aliphatic rings. The summed E-state index contributed by atoms with van der Waals surface area (Å²) in [5, 5.41) is 2.36. The first-order valence-electron chi connectivity index (χ1n) is 6.34. The normalized spacial score (nSPS) is 11.2. The van der Waals surface area contributed by atoms with Gasteiger partial charge in [-0.15, -0.1) is 0 Å². The minimum Gasteiger partial charge on any atom is -0.323 e. The summed E-state index contributed by atoms with van der Waals surface area (Å²) in [5.74, 6) is -0.131. The van der Waals surface area contributed by atoms with Crippen LogP contribution in [0, 0.1) is 0 Å². The molecule has 0 fully saturated rings. The van der Waals surface area contributed by atoms with E-state index in [1.807, 2.05) is 0 Å². The molecule has 5 nitrogen and oxygen atoms in total. The van der Waals surface area contributed by atoms with E-state index >= 15 is 0 Å². The molecule has 7 heteroatoms. The molecule has 0 heterocycles. The van der Waals surface area contributed by atoms with Crippen molar-refractivity contribution >= 4 is 28.6 Å². The minimum atomic E-state index is -3.39. The van der Waals surface area contributed by atoms with Crippen molar-refractivity contribution in [2.75, 3.05) is 32.6 Å². The second-order valence-corrected chi connectivity index (χ2v) is 5.43. The van der Waals surface area contributed by atoms with Crippen LogP contribution >= 0.6 is 12.6 Å². The molecule has 0 radical (unpaired) electrons. The third kappa shape index (κ3) is 18.3. The summed E-state index contributed by atoms with van der Waals surface area (Å²) in [6, 6.07) is 0. The van der Waals surface area contributed by atoms with Crippen LogP contribution < -0.4 is 5.32 Å². The third-order valence-electron chi connectivity index (χ3n) is 1.05. The summed E-state index contributed by atoms with van der Waals surface area (Å²) in [4.78, 5) is 10.7. The highest BCUT2D eigenvalue weighted by molar-refractivity contribution is 7.89. The summed E-state index contributed by atoms with van der Waals surface area (Å²) in [6.07, 6.45) is 2.25. The van der Waals surface area contributed by atoms with Gasteiger partial charge in [0, 0.05) is 22.0 Å². The SMILES string of the molecule is CC(=O)N(CCS)S(C)(=O)=O.CCC.[3H]C([3H])NC. The van der Waals surface area contributed by atoms with Gasteiger partial charge in [0.25, 0.3) is 0 Å². The van der Waals surface area contributed by atoms with Gasteiger partial charge in [0.05, 0.1) is 6.26 Å². The predicted octanol–water partition coefficient (Wildman–Crippen LogP) is 0.976. The fourth-order valence-electron chi connectivity index (χ4n) is 0.648. The lowest BCUT2D eigenvalue weighted by atomic mass is 10.6. The van der Waals surface area contributed by atoms with Gasteiger partial charge < -0.3 is 5.32 Å². The van der Waals surface area contributed by atoms with Gasteiger partial charge >= 0.3 is 0 Å². The Balaban J connectivity index is -0.000000266. The molecule has 0 rings (SSSR count). The Labute approximate surface area is 114 Å². The first-order valence-corrected chi connectivity index (χ1v) is 7.67. The molecule has 0 aromatic rings. The van der Waals surface area contributed by atoms with Crippen molar-refractivity contribution in [3.63, 3.8) is 0 Å². The second kappa shape index (κ2) is 13.8. The molecule has 0 saturated heterocycles. The van der Waals surface area contributed by atoms with Crippen molar-refractivity contribution < 1.29 is 16.0 Å². The number of carbonyl (C=O) groups is 1. The Morgan fingerprint density at radius 1 is 1.47 bits per heavy atom. The molecule has 1 amide bonds. The van der Waals surface area contributed by atoms with Crippen molar-refractivity contribution in [1.82, 2.24) is 9.62 Å². The number of carbonyl (C=O) groups excluding carboxylic acids is 1. The monoisotopic (exact) mass is 290 g/mol. The number of thiol groups is 1. The van der Waals surface area contributed by atoms with E-state index in [-0.39, 0.29) is 6.54 Å². The first-order chi connectivity index (χ1) is 8.58. The molecule has 0 aliphatic carbocycles. The van der Waals surface area contributed by atoms with E-state index in [1.54, 1.807) is 7.05 Å².